The van der Waals surface area contributed by atoms with Gasteiger partial charge in [-0.15, -0.1) is 0 Å². The summed E-state index contributed by atoms with van der Waals surface area (Å²) in [5.41, 5.74) is 7.90. The number of nitrogens with zero attached hydrogens (tertiary/aromatic N) is 4. The van der Waals surface area contributed by atoms with E-state index in [9.17, 15) is 4.79 Å². The van der Waals surface area contributed by atoms with Crippen molar-refractivity contribution in [3.05, 3.63) is 52.8 Å². The molecule has 0 saturated heterocycles. The number of primary amides is 1. The second kappa shape index (κ2) is 7.63. The lowest BCUT2D eigenvalue weighted by Crippen LogP contribution is -2.33. The van der Waals surface area contributed by atoms with E-state index in [0.717, 1.165) is 17.1 Å². The molecule has 8 nitrogen and oxygen atoms in total. The third-order valence-electron chi connectivity index (χ3n) is 3.82. The van der Waals surface area contributed by atoms with E-state index in [4.69, 9.17) is 17.3 Å². The number of nitrogens with one attached hydrogen (secondary N) is 2. The van der Waals surface area contributed by atoms with E-state index in [1.54, 1.807) is 29.8 Å². The fourth-order valence-electron chi connectivity index (χ4n) is 2.47. The van der Waals surface area contributed by atoms with Crippen LogP contribution in [-0.4, -0.2) is 31.7 Å². The Morgan fingerprint density at radius 1 is 1.15 bits per heavy atom. The maximum Gasteiger partial charge on any atom is 0.254 e. The summed E-state index contributed by atoms with van der Waals surface area (Å²) in [5, 5.41) is 11.3. The van der Waals surface area contributed by atoms with Gasteiger partial charge in [0.2, 0.25) is 5.91 Å². The van der Waals surface area contributed by atoms with Gasteiger partial charge in [-0.3, -0.25) is 4.79 Å². The lowest BCUT2D eigenvalue weighted by atomic mass is 10.3. The molecule has 140 valence electrons. The zero-order valence-corrected chi connectivity index (χ0v) is 15.9. The summed E-state index contributed by atoms with van der Waals surface area (Å²) in [6.07, 6.45) is 0. The standard InChI is InChI=1S/C18H20ClN7O/c1-10-8-11(2)26(25-10)18-23-15(21-12(3)17(20)27)9-16(24-18)22-14-6-4-13(19)5-7-14/h4-9,12H,1-3H3,(H2,20,27)(H2,21,22,23,24)/t12-/m1/s1. The van der Waals surface area contributed by atoms with E-state index >= 15 is 0 Å². The number of aromatic nitrogens is 4. The monoisotopic (exact) mass is 385 g/mol. The van der Waals surface area contributed by atoms with Crippen molar-refractivity contribution < 1.29 is 4.79 Å². The van der Waals surface area contributed by atoms with E-state index in [1.165, 1.54) is 0 Å². The molecule has 9 heteroatoms. The number of rotatable bonds is 6. The molecule has 1 aromatic carbocycles. The van der Waals surface area contributed by atoms with Crippen LogP contribution in [0.2, 0.25) is 5.02 Å². The van der Waals surface area contributed by atoms with E-state index in [0.29, 0.717) is 22.6 Å². The molecule has 0 radical (unpaired) electrons. The summed E-state index contributed by atoms with van der Waals surface area (Å²) in [5.74, 6) is 0.886. The van der Waals surface area contributed by atoms with Crippen molar-refractivity contribution in [3.63, 3.8) is 0 Å². The Labute approximate surface area is 161 Å². The topological polar surface area (TPSA) is 111 Å². The van der Waals surface area contributed by atoms with Gasteiger partial charge >= 0.3 is 0 Å². The third-order valence-corrected chi connectivity index (χ3v) is 4.07. The van der Waals surface area contributed by atoms with Gasteiger partial charge in [-0.1, -0.05) is 11.6 Å². The van der Waals surface area contributed by atoms with Crippen molar-refractivity contribution in [2.45, 2.75) is 26.8 Å². The molecule has 0 unspecified atom stereocenters. The van der Waals surface area contributed by atoms with Crippen LogP contribution in [0.3, 0.4) is 0 Å². The highest BCUT2D eigenvalue weighted by molar-refractivity contribution is 6.30. The Morgan fingerprint density at radius 3 is 2.41 bits per heavy atom. The van der Waals surface area contributed by atoms with Crippen LogP contribution in [0.15, 0.2) is 36.4 Å². The molecule has 0 aliphatic rings. The van der Waals surface area contributed by atoms with Gasteiger partial charge in [0.15, 0.2) is 0 Å². The minimum Gasteiger partial charge on any atom is -0.368 e. The summed E-state index contributed by atoms with van der Waals surface area (Å²) in [7, 11) is 0. The van der Waals surface area contributed by atoms with Crippen LogP contribution in [0.25, 0.3) is 5.95 Å². The molecule has 3 rings (SSSR count). The van der Waals surface area contributed by atoms with Crippen LogP contribution in [0.5, 0.6) is 0 Å². The minimum atomic E-state index is -0.586. The molecule has 0 bridgehead atoms. The highest BCUT2D eigenvalue weighted by Crippen LogP contribution is 2.21. The van der Waals surface area contributed by atoms with Crippen molar-refractivity contribution >= 4 is 34.8 Å². The Hall–Kier alpha value is -3.13. The van der Waals surface area contributed by atoms with Gasteiger partial charge in [-0.2, -0.15) is 15.1 Å². The molecule has 27 heavy (non-hydrogen) atoms. The van der Waals surface area contributed by atoms with E-state index in [1.807, 2.05) is 32.0 Å². The minimum absolute atomic E-state index is 0.374. The number of hydrogen-bond donors (Lipinski definition) is 3. The first-order chi connectivity index (χ1) is 12.8. The largest absolute Gasteiger partial charge is 0.368 e. The summed E-state index contributed by atoms with van der Waals surface area (Å²) < 4.78 is 1.64. The number of hydrogen-bond acceptors (Lipinski definition) is 6. The van der Waals surface area contributed by atoms with Crippen LogP contribution in [0, 0.1) is 13.8 Å². The van der Waals surface area contributed by atoms with E-state index in [2.05, 4.69) is 25.7 Å². The SMILES string of the molecule is Cc1cc(C)n(-c2nc(Nc3ccc(Cl)cc3)cc(N[C@H](C)C(N)=O)n2)n1. The second-order valence-electron chi connectivity index (χ2n) is 6.18. The zero-order chi connectivity index (χ0) is 19.6. The Kier molecular flexibility index (Phi) is 5.27. The van der Waals surface area contributed by atoms with Crippen molar-refractivity contribution in [2.75, 3.05) is 10.6 Å². The van der Waals surface area contributed by atoms with Crippen LogP contribution in [0.1, 0.15) is 18.3 Å². The first kappa shape index (κ1) is 18.7. The Balaban J connectivity index is 2.00. The number of amides is 1. The molecule has 2 aromatic heterocycles. The molecule has 0 aliphatic carbocycles. The highest BCUT2D eigenvalue weighted by Gasteiger charge is 2.14. The molecule has 0 saturated carbocycles. The predicted octanol–water partition coefficient (Wildman–Crippen LogP) is 2.96. The van der Waals surface area contributed by atoms with Gasteiger partial charge in [0.05, 0.1) is 5.69 Å². The smallest absolute Gasteiger partial charge is 0.254 e. The first-order valence-electron chi connectivity index (χ1n) is 8.33. The summed E-state index contributed by atoms with van der Waals surface area (Å²) in [4.78, 5) is 20.4. The van der Waals surface area contributed by atoms with E-state index < -0.39 is 11.9 Å². The first-order valence-corrected chi connectivity index (χ1v) is 8.71. The normalized spacial score (nSPS) is 11.9. The summed E-state index contributed by atoms with van der Waals surface area (Å²) in [6.45, 7) is 5.48. The number of benzene rings is 1. The van der Waals surface area contributed by atoms with Crippen LogP contribution >= 0.6 is 11.6 Å². The van der Waals surface area contributed by atoms with Crippen LogP contribution in [0.4, 0.5) is 17.3 Å². The molecule has 3 aromatic rings. The summed E-state index contributed by atoms with van der Waals surface area (Å²) in [6, 6.07) is 10.3. The van der Waals surface area contributed by atoms with E-state index in [-0.39, 0.29) is 0 Å². The fraction of sp³-hybridized carbons (Fsp3) is 0.222. The average Bonchev–Trinajstić information content (AvgIpc) is 2.95. The van der Waals surface area contributed by atoms with Gasteiger partial charge in [0, 0.05) is 22.5 Å². The van der Waals surface area contributed by atoms with Crippen molar-refractivity contribution in [2.24, 2.45) is 5.73 Å². The molecule has 1 amide bonds. The maximum absolute atomic E-state index is 11.4. The second-order valence-corrected chi connectivity index (χ2v) is 6.61. The number of anilines is 3. The van der Waals surface area contributed by atoms with Gasteiger partial charge in [0.25, 0.3) is 5.95 Å². The number of aryl methyl sites for hydroxylation is 2. The van der Waals surface area contributed by atoms with Crippen molar-refractivity contribution in [1.82, 2.24) is 19.7 Å². The lowest BCUT2D eigenvalue weighted by Gasteiger charge is -2.14. The Morgan fingerprint density at radius 2 is 1.81 bits per heavy atom. The molecular weight excluding hydrogens is 366 g/mol. The Bertz CT molecular complexity index is 968. The summed E-state index contributed by atoms with van der Waals surface area (Å²) >= 11 is 5.93. The fourth-order valence-corrected chi connectivity index (χ4v) is 2.60. The molecule has 4 N–H and O–H groups in total. The molecule has 0 fully saturated rings. The van der Waals surface area contributed by atoms with Crippen molar-refractivity contribution in [1.29, 1.82) is 0 Å². The maximum atomic E-state index is 11.4. The highest BCUT2D eigenvalue weighted by atomic mass is 35.5. The predicted molar refractivity (Wildman–Crippen MR) is 106 cm³/mol. The van der Waals surface area contributed by atoms with Gasteiger partial charge < -0.3 is 16.4 Å². The van der Waals surface area contributed by atoms with Gasteiger partial charge in [-0.05, 0) is 51.1 Å². The molecular formula is C18H20ClN7O. The average molecular weight is 386 g/mol. The van der Waals surface area contributed by atoms with Crippen molar-refractivity contribution in [3.8, 4) is 5.95 Å². The lowest BCUT2D eigenvalue weighted by molar-refractivity contribution is -0.118. The quantitative estimate of drug-likeness (QED) is 0.601. The molecule has 0 spiro atoms. The van der Waals surface area contributed by atoms with Gasteiger partial charge in [0.1, 0.15) is 17.7 Å². The molecule has 1 atom stereocenters. The molecule has 2 heterocycles. The molecule has 0 aliphatic heterocycles. The number of nitrogens with two attached hydrogens (primary N) is 1. The van der Waals surface area contributed by atoms with Crippen LogP contribution in [-0.2, 0) is 4.79 Å². The number of halogens is 1. The zero-order valence-electron chi connectivity index (χ0n) is 15.2. The number of carbonyl (C=O) groups is 1. The number of carbonyl (C=O) groups excluding carboxylic acids is 1. The third kappa shape index (κ3) is 4.53. The van der Waals surface area contributed by atoms with Crippen LogP contribution < -0.4 is 16.4 Å². The van der Waals surface area contributed by atoms with Gasteiger partial charge in [-0.25, -0.2) is 4.68 Å².